The van der Waals surface area contributed by atoms with Gasteiger partial charge in [-0.1, -0.05) is 16.9 Å². The molecular formula is C12H9F2N3OS. The predicted octanol–water partition coefficient (Wildman–Crippen LogP) is 2.61. The lowest BCUT2D eigenvalue weighted by atomic mass is 10.3. The van der Waals surface area contributed by atoms with E-state index >= 15 is 0 Å². The lowest BCUT2D eigenvalue weighted by Crippen LogP contribution is -2.14. The Hall–Kier alpha value is -2.15. The fraction of sp³-hybridized carbons (Fsp3) is 0. The molecule has 0 bridgehead atoms. The molecule has 2 rings (SSSR count). The maximum atomic E-state index is 13.5. The lowest BCUT2D eigenvalue weighted by Gasteiger charge is -2.04. The maximum Gasteiger partial charge on any atom is 0.188 e. The van der Waals surface area contributed by atoms with Crippen molar-refractivity contribution >= 4 is 17.6 Å². The third-order valence-corrected chi connectivity index (χ3v) is 3.26. The van der Waals surface area contributed by atoms with Crippen molar-refractivity contribution in [2.45, 2.75) is 9.79 Å². The topological polar surface area (TPSA) is 71.5 Å². The summed E-state index contributed by atoms with van der Waals surface area (Å²) < 4.78 is 26.3. The molecule has 0 amide bonds. The molecule has 0 saturated heterocycles. The van der Waals surface area contributed by atoms with E-state index in [1.165, 1.54) is 18.3 Å². The van der Waals surface area contributed by atoms with E-state index in [1.807, 2.05) is 0 Å². The van der Waals surface area contributed by atoms with Crippen LogP contribution < -0.4 is 5.73 Å². The summed E-state index contributed by atoms with van der Waals surface area (Å²) in [5, 5.41) is 11.4. The van der Waals surface area contributed by atoms with Gasteiger partial charge in [0.2, 0.25) is 0 Å². The molecule has 1 aromatic heterocycles. The smallest absolute Gasteiger partial charge is 0.188 e. The van der Waals surface area contributed by atoms with Gasteiger partial charge in [-0.15, -0.1) is 0 Å². The van der Waals surface area contributed by atoms with Crippen LogP contribution in [0.4, 0.5) is 8.78 Å². The van der Waals surface area contributed by atoms with Crippen molar-refractivity contribution in [1.82, 2.24) is 4.98 Å². The largest absolute Gasteiger partial charge is 0.409 e. The van der Waals surface area contributed by atoms with Gasteiger partial charge < -0.3 is 10.9 Å². The maximum absolute atomic E-state index is 13.5. The highest BCUT2D eigenvalue weighted by Gasteiger charge is 2.08. The Morgan fingerprint density at radius 3 is 2.74 bits per heavy atom. The SMILES string of the molecule is NC(=NO)c1cc(Sc2ccc(F)cc2F)ccn1. The zero-order valence-electron chi connectivity index (χ0n) is 9.55. The van der Waals surface area contributed by atoms with Gasteiger partial charge in [0.1, 0.15) is 17.3 Å². The summed E-state index contributed by atoms with van der Waals surface area (Å²) in [4.78, 5) is 4.82. The Kier molecular flexibility index (Phi) is 3.96. The second kappa shape index (κ2) is 5.66. The number of nitrogens with zero attached hydrogens (tertiary/aromatic N) is 2. The minimum Gasteiger partial charge on any atom is -0.409 e. The van der Waals surface area contributed by atoms with Crippen LogP contribution in [0.3, 0.4) is 0 Å². The summed E-state index contributed by atoms with van der Waals surface area (Å²) in [6.45, 7) is 0. The van der Waals surface area contributed by atoms with Crippen molar-refractivity contribution in [3.63, 3.8) is 0 Å². The number of rotatable bonds is 3. The molecule has 0 aliphatic rings. The van der Waals surface area contributed by atoms with Crippen molar-refractivity contribution in [3.8, 4) is 0 Å². The zero-order valence-corrected chi connectivity index (χ0v) is 10.4. The van der Waals surface area contributed by atoms with Crippen molar-refractivity contribution in [3.05, 3.63) is 53.9 Å². The molecule has 2 aromatic rings. The van der Waals surface area contributed by atoms with E-state index in [4.69, 9.17) is 10.9 Å². The number of halogens is 2. The van der Waals surface area contributed by atoms with Crippen LogP contribution in [0.15, 0.2) is 51.5 Å². The molecular weight excluding hydrogens is 272 g/mol. The van der Waals surface area contributed by atoms with Gasteiger partial charge in [0.15, 0.2) is 5.84 Å². The molecule has 98 valence electrons. The van der Waals surface area contributed by atoms with Crippen LogP contribution in [0.2, 0.25) is 0 Å². The summed E-state index contributed by atoms with van der Waals surface area (Å²) in [6.07, 6.45) is 1.46. The van der Waals surface area contributed by atoms with Crippen LogP contribution in [0.5, 0.6) is 0 Å². The molecule has 0 saturated carbocycles. The Balaban J connectivity index is 2.28. The van der Waals surface area contributed by atoms with Gasteiger partial charge in [0, 0.05) is 22.1 Å². The van der Waals surface area contributed by atoms with Gasteiger partial charge in [-0.25, -0.2) is 8.78 Å². The lowest BCUT2D eigenvalue weighted by molar-refractivity contribution is 0.318. The van der Waals surface area contributed by atoms with Gasteiger partial charge in [-0.2, -0.15) is 0 Å². The van der Waals surface area contributed by atoms with E-state index in [0.29, 0.717) is 4.90 Å². The first-order valence-electron chi connectivity index (χ1n) is 5.17. The van der Waals surface area contributed by atoms with Crippen LogP contribution in [0.1, 0.15) is 5.69 Å². The average molecular weight is 281 g/mol. The van der Waals surface area contributed by atoms with Crippen LogP contribution in [0.25, 0.3) is 0 Å². The highest BCUT2D eigenvalue weighted by Crippen LogP contribution is 2.30. The average Bonchev–Trinajstić information content (AvgIpc) is 2.41. The number of nitrogens with two attached hydrogens (primary N) is 1. The van der Waals surface area contributed by atoms with Crippen molar-refractivity contribution in [2.75, 3.05) is 0 Å². The number of pyridine rings is 1. The fourth-order valence-electron chi connectivity index (χ4n) is 1.35. The Morgan fingerprint density at radius 2 is 2.05 bits per heavy atom. The first kappa shape index (κ1) is 13.3. The zero-order chi connectivity index (χ0) is 13.8. The second-order valence-electron chi connectivity index (χ2n) is 3.54. The number of aromatic nitrogens is 1. The number of oxime groups is 1. The summed E-state index contributed by atoms with van der Waals surface area (Å²) >= 11 is 1.09. The third kappa shape index (κ3) is 3.19. The van der Waals surface area contributed by atoms with Gasteiger partial charge in [0.25, 0.3) is 0 Å². The van der Waals surface area contributed by atoms with Crippen molar-refractivity contribution in [1.29, 1.82) is 0 Å². The van der Waals surface area contributed by atoms with Crippen LogP contribution in [-0.4, -0.2) is 16.0 Å². The molecule has 1 heterocycles. The number of benzene rings is 1. The predicted molar refractivity (Wildman–Crippen MR) is 67.2 cm³/mol. The molecule has 7 heteroatoms. The first-order valence-corrected chi connectivity index (χ1v) is 5.98. The Morgan fingerprint density at radius 1 is 1.26 bits per heavy atom. The normalized spacial score (nSPS) is 11.6. The van der Waals surface area contributed by atoms with E-state index in [2.05, 4.69) is 10.1 Å². The molecule has 0 atom stereocenters. The molecule has 0 unspecified atom stereocenters. The van der Waals surface area contributed by atoms with E-state index in [9.17, 15) is 8.78 Å². The standard InChI is InChI=1S/C12H9F2N3OS/c13-7-1-2-11(9(14)5-7)19-8-3-4-16-10(6-8)12(15)17-18/h1-6,18H,(H2,15,17). The monoisotopic (exact) mass is 281 g/mol. The van der Waals surface area contributed by atoms with E-state index in [1.54, 1.807) is 12.1 Å². The summed E-state index contributed by atoms with van der Waals surface area (Å²) in [5.41, 5.74) is 5.68. The molecule has 0 aliphatic heterocycles. The summed E-state index contributed by atoms with van der Waals surface area (Å²) in [7, 11) is 0. The minimum absolute atomic E-state index is 0.137. The minimum atomic E-state index is -0.646. The number of hydrogen-bond donors (Lipinski definition) is 2. The highest BCUT2D eigenvalue weighted by molar-refractivity contribution is 7.99. The molecule has 3 N–H and O–H groups in total. The van der Waals surface area contributed by atoms with Gasteiger partial charge in [-0.3, -0.25) is 4.98 Å². The molecule has 0 radical (unpaired) electrons. The van der Waals surface area contributed by atoms with Gasteiger partial charge >= 0.3 is 0 Å². The quantitative estimate of drug-likeness (QED) is 0.392. The third-order valence-electron chi connectivity index (χ3n) is 2.22. The second-order valence-corrected chi connectivity index (χ2v) is 4.65. The Bertz CT molecular complexity index is 634. The van der Waals surface area contributed by atoms with E-state index in [-0.39, 0.29) is 16.4 Å². The summed E-state index contributed by atoms with van der Waals surface area (Å²) in [5.74, 6) is -1.41. The fourth-order valence-corrected chi connectivity index (χ4v) is 2.20. The van der Waals surface area contributed by atoms with Crippen LogP contribution in [-0.2, 0) is 0 Å². The number of hydrogen-bond acceptors (Lipinski definition) is 4. The number of amidine groups is 1. The van der Waals surface area contributed by atoms with Crippen LogP contribution in [0, 0.1) is 11.6 Å². The molecule has 4 nitrogen and oxygen atoms in total. The molecule has 0 spiro atoms. The van der Waals surface area contributed by atoms with Gasteiger partial charge in [-0.05, 0) is 24.3 Å². The van der Waals surface area contributed by atoms with Gasteiger partial charge in [0.05, 0.1) is 0 Å². The van der Waals surface area contributed by atoms with Crippen molar-refractivity contribution < 1.29 is 14.0 Å². The highest BCUT2D eigenvalue weighted by atomic mass is 32.2. The van der Waals surface area contributed by atoms with Crippen LogP contribution >= 0.6 is 11.8 Å². The first-order chi connectivity index (χ1) is 9.10. The molecule has 0 fully saturated rings. The molecule has 1 aromatic carbocycles. The summed E-state index contributed by atoms with van der Waals surface area (Å²) in [6, 6.07) is 6.52. The Labute approximate surface area is 112 Å². The molecule has 19 heavy (non-hydrogen) atoms. The van der Waals surface area contributed by atoms with E-state index < -0.39 is 11.6 Å². The van der Waals surface area contributed by atoms with E-state index in [0.717, 1.165) is 17.8 Å². The molecule has 0 aliphatic carbocycles. The van der Waals surface area contributed by atoms with Crippen molar-refractivity contribution in [2.24, 2.45) is 10.9 Å².